The highest BCUT2D eigenvalue weighted by Gasteiger charge is 2.32. The fraction of sp³-hybridized carbons (Fsp3) is 0.258. The number of nitriles is 1. The molecule has 1 saturated carbocycles. The number of pyridine rings is 2. The molecule has 2 aliphatic rings. The van der Waals surface area contributed by atoms with E-state index in [2.05, 4.69) is 56.5 Å². The standard InChI is InChI=1S/C31H30ClFN8/c1-31(2,27-5-3-4-12-35-27)18-37-28-20(15-34)16-36-30-24(28)13-22(14-25(30)32)38-29(19-6-8-21(33)9-7-19)26-17-41(40-39-26)23-10-11-23/h3-9,12-14,16-17,23,29,38-40H,10-11,18H2,1-2H3,(H,36,37). The Kier molecular flexibility index (Phi) is 7.12. The van der Waals surface area contributed by atoms with E-state index < -0.39 is 0 Å². The molecule has 1 unspecified atom stereocenters. The lowest BCUT2D eigenvalue weighted by atomic mass is 9.88. The van der Waals surface area contributed by atoms with Gasteiger partial charge in [-0.15, -0.1) is 5.53 Å². The minimum atomic E-state index is -0.327. The summed E-state index contributed by atoms with van der Waals surface area (Å²) in [6, 6.07) is 18.5. The lowest BCUT2D eigenvalue weighted by Gasteiger charge is -2.26. The highest BCUT2D eigenvalue weighted by Crippen LogP contribution is 2.37. The van der Waals surface area contributed by atoms with Crippen LogP contribution in [0.3, 0.4) is 0 Å². The van der Waals surface area contributed by atoms with E-state index in [1.807, 2.05) is 36.5 Å². The molecule has 0 spiro atoms. The third-order valence-corrected chi connectivity index (χ3v) is 7.77. The fourth-order valence-corrected chi connectivity index (χ4v) is 5.25. The average Bonchev–Trinajstić information content (AvgIpc) is 3.72. The molecule has 10 heteroatoms. The summed E-state index contributed by atoms with van der Waals surface area (Å²) in [5.74, 6) is -0.299. The van der Waals surface area contributed by atoms with Gasteiger partial charge in [0.15, 0.2) is 0 Å². The van der Waals surface area contributed by atoms with Crippen LogP contribution in [0.25, 0.3) is 10.9 Å². The summed E-state index contributed by atoms with van der Waals surface area (Å²) >= 11 is 6.77. The predicted molar refractivity (Wildman–Crippen MR) is 159 cm³/mol. The maximum atomic E-state index is 13.8. The van der Waals surface area contributed by atoms with Crippen LogP contribution in [0.1, 0.15) is 49.6 Å². The maximum absolute atomic E-state index is 13.8. The zero-order valence-electron chi connectivity index (χ0n) is 22.7. The van der Waals surface area contributed by atoms with Crippen molar-refractivity contribution in [2.45, 2.75) is 44.2 Å². The van der Waals surface area contributed by atoms with Gasteiger partial charge in [-0.05, 0) is 54.8 Å². The first-order valence-corrected chi connectivity index (χ1v) is 13.9. The topological polar surface area (TPSA) is 101 Å². The molecule has 3 heterocycles. The molecule has 0 saturated heterocycles. The summed E-state index contributed by atoms with van der Waals surface area (Å²) < 4.78 is 13.8. The minimum Gasteiger partial charge on any atom is -0.382 e. The SMILES string of the molecule is CC(C)(CNc1c(C#N)cnc2c(Cl)cc(NC(C3=CN(C4CC4)NN3)c3ccc(F)cc3)cc12)c1ccccn1. The molecule has 8 nitrogen and oxygen atoms in total. The van der Waals surface area contributed by atoms with Crippen molar-refractivity contribution in [3.63, 3.8) is 0 Å². The van der Waals surface area contributed by atoms with Gasteiger partial charge in [0, 0.05) is 53.4 Å². The molecule has 1 aliphatic carbocycles. The quantitative estimate of drug-likeness (QED) is 0.190. The molecular formula is C31H30ClFN8. The van der Waals surface area contributed by atoms with Gasteiger partial charge in [0.05, 0.1) is 33.5 Å². The van der Waals surface area contributed by atoms with Gasteiger partial charge in [-0.2, -0.15) is 5.26 Å². The van der Waals surface area contributed by atoms with Crippen molar-refractivity contribution in [1.29, 1.82) is 5.26 Å². The number of benzene rings is 2. The van der Waals surface area contributed by atoms with Crippen molar-refractivity contribution >= 4 is 33.9 Å². The first kappa shape index (κ1) is 26.8. The Labute approximate surface area is 243 Å². The largest absolute Gasteiger partial charge is 0.382 e. The summed E-state index contributed by atoms with van der Waals surface area (Å²) in [5, 5.41) is 20.3. The third-order valence-electron chi connectivity index (χ3n) is 7.48. The van der Waals surface area contributed by atoms with E-state index in [9.17, 15) is 9.65 Å². The van der Waals surface area contributed by atoms with Crippen LogP contribution in [-0.2, 0) is 5.41 Å². The highest BCUT2D eigenvalue weighted by molar-refractivity contribution is 6.35. The smallest absolute Gasteiger partial charge is 0.123 e. The lowest BCUT2D eigenvalue weighted by molar-refractivity contribution is 0.260. The normalized spacial score (nSPS) is 15.7. The van der Waals surface area contributed by atoms with Crippen molar-refractivity contribution in [2.24, 2.45) is 0 Å². The van der Waals surface area contributed by atoms with Gasteiger partial charge in [0.1, 0.15) is 11.9 Å². The monoisotopic (exact) mass is 568 g/mol. The second kappa shape index (κ2) is 10.9. The van der Waals surface area contributed by atoms with Gasteiger partial charge in [-0.25, -0.2) is 4.39 Å². The van der Waals surface area contributed by atoms with Gasteiger partial charge >= 0.3 is 0 Å². The molecule has 6 rings (SSSR count). The molecule has 0 amide bonds. The number of halogens is 2. The average molecular weight is 569 g/mol. The Morgan fingerprint density at radius 3 is 2.68 bits per heavy atom. The number of rotatable bonds is 9. The third kappa shape index (κ3) is 5.62. The second-order valence-electron chi connectivity index (χ2n) is 11.1. The molecule has 0 radical (unpaired) electrons. The Balaban J connectivity index is 1.37. The summed E-state index contributed by atoms with van der Waals surface area (Å²) in [6.07, 6.45) is 7.64. The van der Waals surface area contributed by atoms with Crippen molar-refractivity contribution in [2.75, 3.05) is 17.2 Å². The van der Waals surface area contributed by atoms with Crippen LogP contribution in [0.4, 0.5) is 15.8 Å². The molecule has 1 fully saturated rings. The van der Waals surface area contributed by atoms with E-state index in [4.69, 9.17) is 11.6 Å². The zero-order chi connectivity index (χ0) is 28.6. The van der Waals surface area contributed by atoms with Crippen LogP contribution in [0.5, 0.6) is 0 Å². The van der Waals surface area contributed by atoms with E-state index in [-0.39, 0.29) is 17.3 Å². The number of aromatic nitrogens is 2. The van der Waals surface area contributed by atoms with Crippen molar-refractivity contribution in [3.8, 4) is 6.07 Å². The summed E-state index contributed by atoms with van der Waals surface area (Å²) in [6.45, 7) is 4.74. The van der Waals surface area contributed by atoms with Gasteiger partial charge in [0.25, 0.3) is 0 Å². The van der Waals surface area contributed by atoms with Gasteiger partial charge in [-0.3, -0.25) is 15.0 Å². The number of anilines is 2. The van der Waals surface area contributed by atoms with Crippen molar-refractivity contribution in [3.05, 3.63) is 107 Å². The lowest BCUT2D eigenvalue weighted by Crippen LogP contribution is -2.38. The van der Waals surface area contributed by atoms with Crippen LogP contribution in [-0.4, -0.2) is 27.6 Å². The molecule has 208 valence electrons. The summed E-state index contributed by atoms with van der Waals surface area (Å²) in [5.41, 5.74) is 11.3. The second-order valence-corrected chi connectivity index (χ2v) is 11.5. The molecule has 2 aromatic carbocycles. The van der Waals surface area contributed by atoms with E-state index >= 15 is 0 Å². The van der Waals surface area contributed by atoms with Crippen LogP contribution in [0.15, 0.2) is 78.9 Å². The number of hydrogen-bond acceptors (Lipinski definition) is 8. The van der Waals surface area contributed by atoms with E-state index in [0.717, 1.165) is 40.9 Å². The molecular weight excluding hydrogens is 539 g/mol. The summed E-state index contributed by atoms with van der Waals surface area (Å²) in [7, 11) is 0. The first-order valence-electron chi connectivity index (χ1n) is 13.5. The highest BCUT2D eigenvalue weighted by atomic mass is 35.5. The molecule has 0 bridgehead atoms. The van der Waals surface area contributed by atoms with Gasteiger partial charge in [-0.1, -0.05) is 43.6 Å². The van der Waals surface area contributed by atoms with E-state index in [1.165, 1.54) is 12.1 Å². The molecule has 1 aliphatic heterocycles. The number of fused-ring (bicyclic) bond motifs is 1. The predicted octanol–water partition coefficient (Wildman–Crippen LogP) is 6.17. The minimum absolute atomic E-state index is 0.299. The molecule has 41 heavy (non-hydrogen) atoms. The van der Waals surface area contributed by atoms with Crippen molar-refractivity contribution < 1.29 is 4.39 Å². The Morgan fingerprint density at radius 1 is 1.17 bits per heavy atom. The number of hydrogen-bond donors (Lipinski definition) is 4. The Bertz CT molecular complexity index is 1650. The number of hydrazine groups is 2. The van der Waals surface area contributed by atoms with E-state index in [1.54, 1.807) is 24.5 Å². The molecule has 2 aromatic heterocycles. The van der Waals surface area contributed by atoms with Crippen LogP contribution in [0.2, 0.25) is 5.02 Å². The van der Waals surface area contributed by atoms with Gasteiger partial charge in [0.2, 0.25) is 0 Å². The number of nitrogens with zero attached hydrogens (tertiary/aromatic N) is 4. The van der Waals surface area contributed by atoms with Crippen LogP contribution in [0, 0.1) is 17.1 Å². The van der Waals surface area contributed by atoms with Crippen LogP contribution >= 0.6 is 11.6 Å². The molecule has 4 aromatic rings. The van der Waals surface area contributed by atoms with Gasteiger partial charge < -0.3 is 16.1 Å². The fourth-order valence-electron chi connectivity index (χ4n) is 4.98. The Morgan fingerprint density at radius 2 is 1.98 bits per heavy atom. The Hall–Kier alpha value is -4.39. The maximum Gasteiger partial charge on any atom is 0.123 e. The molecule has 1 atom stereocenters. The van der Waals surface area contributed by atoms with Crippen LogP contribution < -0.4 is 21.6 Å². The zero-order valence-corrected chi connectivity index (χ0v) is 23.5. The first-order chi connectivity index (χ1) is 19.8. The molecule has 4 N–H and O–H groups in total. The van der Waals surface area contributed by atoms with Crippen molar-refractivity contribution in [1.82, 2.24) is 25.9 Å². The summed E-state index contributed by atoms with van der Waals surface area (Å²) in [4.78, 5) is 9.03. The number of nitrogens with one attached hydrogen (secondary N) is 4. The van der Waals surface area contributed by atoms with E-state index in [0.29, 0.717) is 34.4 Å².